The Labute approximate surface area is 181 Å². The van der Waals surface area contributed by atoms with Gasteiger partial charge in [0, 0.05) is 60.6 Å². The average molecular weight is 471 g/mol. The minimum absolute atomic E-state index is 0.208. The molecule has 2 unspecified atom stereocenters. The van der Waals surface area contributed by atoms with E-state index in [2.05, 4.69) is 8.61 Å². The van der Waals surface area contributed by atoms with Crippen molar-refractivity contribution < 1.29 is 9.59 Å². The summed E-state index contributed by atoms with van der Waals surface area (Å²) in [6.07, 6.45) is 9.63. The molecule has 0 spiro atoms. The van der Waals surface area contributed by atoms with Crippen LogP contribution in [0.3, 0.4) is 0 Å². The van der Waals surface area contributed by atoms with Crippen LogP contribution in [-0.4, -0.2) is 54.2 Å². The average Bonchev–Trinajstić information content (AvgIpc) is 3.33. The molecule has 2 saturated heterocycles. The molecule has 0 N–H and O–H groups in total. The van der Waals surface area contributed by atoms with Gasteiger partial charge in [0.2, 0.25) is 0 Å². The summed E-state index contributed by atoms with van der Waals surface area (Å²) in [7, 11) is 6.30. The van der Waals surface area contributed by atoms with E-state index in [-0.39, 0.29) is 8.89 Å². The van der Waals surface area contributed by atoms with E-state index in [0.29, 0.717) is 10.5 Å². The monoisotopic (exact) mass is 470 g/mol. The SMILES string of the molecule is O=C(SSC1CCCCC1SSC(=O)SN1CCCC1)SN1CCCC1. The lowest BCUT2D eigenvalue weighted by atomic mass is 10.00. The van der Waals surface area contributed by atoms with Gasteiger partial charge in [-0.3, -0.25) is 9.59 Å². The number of nitrogens with zero attached hydrogens (tertiary/aromatic N) is 2. The van der Waals surface area contributed by atoms with Crippen LogP contribution in [0.1, 0.15) is 51.4 Å². The minimum Gasteiger partial charge on any atom is -0.272 e. The third kappa shape index (κ3) is 7.65. The zero-order valence-corrected chi connectivity index (χ0v) is 19.7. The standard InChI is InChI=1S/C16H26N2O2S6/c19-15(21-17-9-3-4-10-17)25-23-13-7-1-2-8-14(13)24-26-16(20)22-18-11-5-6-12-18/h13-14H,1-12H2. The van der Waals surface area contributed by atoms with Gasteiger partial charge in [0.1, 0.15) is 0 Å². The fraction of sp³-hybridized carbons (Fsp3) is 0.875. The van der Waals surface area contributed by atoms with Gasteiger partial charge in [-0.05, 0) is 60.1 Å². The van der Waals surface area contributed by atoms with E-state index in [9.17, 15) is 9.59 Å². The topological polar surface area (TPSA) is 40.6 Å². The first kappa shape index (κ1) is 22.1. The molecule has 0 aromatic rings. The van der Waals surface area contributed by atoms with Gasteiger partial charge in [-0.1, -0.05) is 34.4 Å². The van der Waals surface area contributed by atoms with Crippen LogP contribution in [0.25, 0.3) is 0 Å². The Morgan fingerprint density at radius 3 is 1.38 bits per heavy atom. The molecule has 148 valence electrons. The lowest BCUT2D eigenvalue weighted by Crippen LogP contribution is -2.23. The maximum absolute atomic E-state index is 12.2. The fourth-order valence-corrected chi connectivity index (χ4v) is 11.5. The van der Waals surface area contributed by atoms with Crippen molar-refractivity contribution in [3.63, 3.8) is 0 Å². The molecule has 0 radical (unpaired) electrons. The molecule has 3 fully saturated rings. The van der Waals surface area contributed by atoms with E-state index in [1.54, 1.807) is 21.6 Å². The van der Waals surface area contributed by atoms with Crippen LogP contribution in [0.2, 0.25) is 0 Å². The molecule has 0 aromatic heterocycles. The molecule has 26 heavy (non-hydrogen) atoms. The Hall–Kier alpha value is 1.36. The largest absolute Gasteiger partial charge is 0.272 e. The molecular weight excluding hydrogens is 445 g/mol. The summed E-state index contributed by atoms with van der Waals surface area (Å²) >= 11 is 2.79. The molecule has 4 nitrogen and oxygen atoms in total. The zero-order chi connectivity index (χ0) is 18.2. The Bertz CT molecular complexity index is 430. The Morgan fingerprint density at radius 2 is 1.00 bits per heavy atom. The smallest absolute Gasteiger partial charge is 0.271 e. The van der Waals surface area contributed by atoms with Gasteiger partial charge < -0.3 is 0 Å². The summed E-state index contributed by atoms with van der Waals surface area (Å²) in [6.45, 7) is 4.15. The van der Waals surface area contributed by atoms with Crippen molar-refractivity contribution in [1.29, 1.82) is 0 Å². The highest BCUT2D eigenvalue weighted by Gasteiger charge is 2.29. The highest BCUT2D eigenvalue weighted by molar-refractivity contribution is 8.87. The molecule has 2 heterocycles. The molecule has 2 atom stereocenters. The van der Waals surface area contributed by atoms with Gasteiger partial charge in [-0.15, -0.1) is 0 Å². The lowest BCUT2D eigenvalue weighted by molar-refractivity contribution is 0.275. The normalized spacial score (nSPS) is 27.8. The van der Waals surface area contributed by atoms with Gasteiger partial charge in [0.15, 0.2) is 0 Å². The molecule has 3 aliphatic rings. The zero-order valence-electron chi connectivity index (χ0n) is 14.8. The van der Waals surface area contributed by atoms with Crippen molar-refractivity contribution in [3.05, 3.63) is 0 Å². The number of carbonyl (C=O) groups is 2. The molecule has 0 bridgehead atoms. The molecule has 1 aliphatic carbocycles. The summed E-state index contributed by atoms with van der Waals surface area (Å²) in [6, 6.07) is 0. The van der Waals surface area contributed by atoms with Gasteiger partial charge in [0.05, 0.1) is 0 Å². The van der Waals surface area contributed by atoms with E-state index in [1.165, 1.54) is 84.0 Å². The van der Waals surface area contributed by atoms with E-state index in [0.717, 1.165) is 39.0 Å². The van der Waals surface area contributed by atoms with Crippen LogP contribution < -0.4 is 0 Å². The Balaban J connectivity index is 1.36. The molecular formula is C16H26N2O2S6. The maximum Gasteiger partial charge on any atom is 0.271 e. The Morgan fingerprint density at radius 1 is 0.615 bits per heavy atom. The van der Waals surface area contributed by atoms with Crippen molar-refractivity contribution in [3.8, 4) is 0 Å². The van der Waals surface area contributed by atoms with Gasteiger partial charge in [-0.2, -0.15) is 0 Å². The molecule has 10 heteroatoms. The summed E-state index contributed by atoms with van der Waals surface area (Å²) in [5, 5.41) is 0.943. The highest BCUT2D eigenvalue weighted by atomic mass is 33.1. The van der Waals surface area contributed by atoms with E-state index in [4.69, 9.17) is 0 Å². The maximum atomic E-state index is 12.2. The van der Waals surface area contributed by atoms with Gasteiger partial charge >= 0.3 is 0 Å². The third-order valence-corrected chi connectivity index (χ3v) is 13.0. The van der Waals surface area contributed by atoms with Crippen LogP contribution in [0.5, 0.6) is 0 Å². The van der Waals surface area contributed by atoms with Crippen molar-refractivity contribution in [1.82, 2.24) is 8.61 Å². The second-order valence-electron chi connectivity index (χ2n) is 6.68. The van der Waals surface area contributed by atoms with Gasteiger partial charge in [0.25, 0.3) is 8.89 Å². The number of carbonyl (C=O) groups excluding carboxylic acids is 2. The predicted molar refractivity (Wildman–Crippen MR) is 124 cm³/mol. The molecule has 3 rings (SSSR count). The van der Waals surface area contributed by atoms with Crippen LogP contribution in [0.15, 0.2) is 0 Å². The number of hydrogen-bond donors (Lipinski definition) is 0. The summed E-state index contributed by atoms with van der Waals surface area (Å²) in [5.74, 6) is 0. The predicted octanol–water partition coefficient (Wildman–Crippen LogP) is 6.79. The summed E-state index contributed by atoms with van der Waals surface area (Å²) in [5.41, 5.74) is 0. The molecule has 1 saturated carbocycles. The van der Waals surface area contributed by atoms with E-state index < -0.39 is 0 Å². The number of hydrogen-bond acceptors (Lipinski definition) is 10. The highest BCUT2D eigenvalue weighted by Crippen LogP contribution is 2.47. The molecule has 0 amide bonds. The van der Waals surface area contributed by atoms with Gasteiger partial charge in [-0.25, -0.2) is 8.61 Å². The van der Waals surface area contributed by atoms with Crippen LogP contribution in [0.4, 0.5) is 9.59 Å². The third-order valence-electron chi connectivity index (χ3n) is 4.66. The second-order valence-corrected chi connectivity index (χ2v) is 14.2. The van der Waals surface area contributed by atoms with Crippen LogP contribution in [-0.2, 0) is 0 Å². The van der Waals surface area contributed by atoms with Crippen molar-refractivity contribution in [2.24, 2.45) is 0 Å². The fourth-order valence-electron chi connectivity index (χ4n) is 3.29. The molecule has 0 aromatic carbocycles. The lowest BCUT2D eigenvalue weighted by Gasteiger charge is -2.29. The first-order valence-electron chi connectivity index (χ1n) is 9.31. The van der Waals surface area contributed by atoms with Crippen molar-refractivity contribution in [2.75, 3.05) is 26.2 Å². The van der Waals surface area contributed by atoms with E-state index in [1.807, 2.05) is 0 Å². The van der Waals surface area contributed by atoms with Crippen molar-refractivity contribution in [2.45, 2.75) is 61.9 Å². The van der Waals surface area contributed by atoms with Crippen LogP contribution >= 0.6 is 67.1 Å². The first-order valence-corrected chi connectivity index (χ1v) is 15.3. The first-order chi connectivity index (χ1) is 12.7. The van der Waals surface area contributed by atoms with Crippen molar-refractivity contribution >= 4 is 76.0 Å². The van der Waals surface area contributed by atoms with E-state index >= 15 is 0 Å². The minimum atomic E-state index is 0.208. The Kier molecular flexibility index (Phi) is 10.3. The summed E-state index contributed by atoms with van der Waals surface area (Å²) < 4.78 is 4.79. The quantitative estimate of drug-likeness (QED) is 0.306. The van der Waals surface area contributed by atoms with Crippen LogP contribution in [0, 0.1) is 0 Å². The summed E-state index contributed by atoms with van der Waals surface area (Å²) in [4.78, 5) is 24.4. The number of rotatable bonds is 6. The molecule has 2 aliphatic heterocycles. The second kappa shape index (κ2) is 12.1.